The summed E-state index contributed by atoms with van der Waals surface area (Å²) in [5.41, 5.74) is 1.27. The van der Waals surface area contributed by atoms with Crippen molar-refractivity contribution < 1.29 is 13.2 Å². The number of carbonyl (C=O) groups excluding carboxylic acids is 1. The van der Waals surface area contributed by atoms with Crippen LogP contribution in [-0.2, 0) is 23.5 Å². The summed E-state index contributed by atoms with van der Waals surface area (Å²) in [6.45, 7) is 1.93. The van der Waals surface area contributed by atoms with Crippen LogP contribution in [0.5, 0.6) is 0 Å². The molecule has 1 aromatic heterocycles. The molecule has 8 heteroatoms. The zero-order valence-electron chi connectivity index (χ0n) is 11.7. The van der Waals surface area contributed by atoms with Crippen molar-refractivity contribution in [3.8, 4) is 0 Å². The van der Waals surface area contributed by atoms with E-state index in [-0.39, 0.29) is 10.6 Å². The van der Waals surface area contributed by atoms with E-state index in [1.165, 1.54) is 22.9 Å². The number of carbonyl (C=O) groups is 1. The second-order valence-electron chi connectivity index (χ2n) is 4.49. The van der Waals surface area contributed by atoms with E-state index in [9.17, 15) is 13.2 Å². The van der Waals surface area contributed by atoms with E-state index >= 15 is 0 Å². The highest BCUT2D eigenvalue weighted by Gasteiger charge is 2.18. The van der Waals surface area contributed by atoms with Crippen LogP contribution >= 0.6 is 0 Å². The third kappa shape index (κ3) is 3.29. The Morgan fingerprint density at radius 2 is 2.05 bits per heavy atom. The lowest BCUT2D eigenvalue weighted by Gasteiger charge is -2.09. The van der Waals surface area contributed by atoms with Gasteiger partial charge in [0.05, 0.1) is 11.4 Å². The molecule has 0 saturated heterocycles. The van der Waals surface area contributed by atoms with Gasteiger partial charge in [0.15, 0.2) is 0 Å². The maximum Gasteiger partial charge on any atom is 0.273 e. The van der Waals surface area contributed by atoms with Crippen LogP contribution in [0.15, 0.2) is 35.2 Å². The number of hydrogen-bond acceptors (Lipinski definition) is 4. The van der Waals surface area contributed by atoms with Gasteiger partial charge in [0, 0.05) is 7.05 Å². The third-order valence-electron chi connectivity index (χ3n) is 2.97. The molecule has 0 aliphatic heterocycles. The van der Waals surface area contributed by atoms with Crippen molar-refractivity contribution in [2.45, 2.75) is 18.2 Å². The molecule has 0 unspecified atom stereocenters. The monoisotopic (exact) mass is 308 g/mol. The quantitative estimate of drug-likeness (QED) is 0.874. The Labute approximate surface area is 122 Å². The summed E-state index contributed by atoms with van der Waals surface area (Å²) in [4.78, 5) is 12.1. The van der Waals surface area contributed by atoms with E-state index in [0.717, 1.165) is 5.69 Å². The molecule has 0 radical (unpaired) electrons. The number of anilines is 1. The van der Waals surface area contributed by atoms with Crippen LogP contribution in [0.25, 0.3) is 0 Å². The topological polar surface area (TPSA) is 107 Å². The van der Waals surface area contributed by atoms with Crippen LogP contribution in [0.1, 0.15) is 23.1 Å². The Balaban J connectivity index is 2.34. The third-order valence-corrected chi connectivity index (χ3v) is 3.94. The van der Waals surface area contributed by atoms with Gasteiger partial charge in [-0.15, -0.1) is 0 Å². The fourth-order valence-corrected chi connectivity index (χ4v) is 2.61. The van der Waals surface area contributed by atoms with Gasteiger partial charge in [-0.1, -0.05) is 19.1 Å². The number of para-hydroxylation sites is 1. The molecule has 2 aromatic rings. The van der Waals surface area contributed by atoms with E-state index in [2.05, 4.69) is 10.4 Å². The van der Waals surface area contributed by atoms with Gasteiger partial charge in [-0.2, -0.15) is 5.10 Å². The van der Waals surface area contributed by atoms with Gasteiger partial charge >= 0.3 is 0 Å². The second kappa shape index (κ2) is 5.66. The van der Waals surface area contributed by atoms with Gasteiger partial charge < -0.3 is 5.32 Å². The smallest absolute Gasteiger partial charge is 0.273 e. The number of hydrogen-bond donors (Lipinski definition) is 2. The van der Waals surface area contributed by atoms with Crippen molar-refractivity contribution in [3.05, 3.63) is 41.7 Å². The van der Waals surface area contributed by atoms with Crippen LogP contribution in [-0.4, -0.2) is 24.1 Å². The van der Waals surface area contributed by atoms with Gasteiger partial charge in [0.2, 0.25) is 10.0 Å². The Morgan fingerprint density at radius 1 is 1.38 bits per heavy atom. The van der Waals surface area contributed by atoms with E-state index < -0.39 is 15.9 Å². The van der Waals surface area contributed by atoms with Crippen molar-refractivity contribution in [1.82, 2.24) is 9.78 Å². The van der Waals surface area contributed by atoms with Crippen molar-refractivity contribution in [2.24, 2.45) is 12.2 Å². The minimum absolute atomic E-state index is 0.128. The number of aryl methyl sites for hydroxylation is 2. The van der Waals surface area contributed by atoms with Gasteiger partial charge in [-0.05, 0) is 24.6 Å². The molecular weight excluding hydrogens is 292 g/mol. The summed E-state index contributed by atoms with van der Waals surface area (Å²) in [7, 11) is -2.26. The van der Waals surface area contributed by atoms with Crippen LogP contribution < -0.4 is 10.5 Å². The van der Waals surface area contributed by atoms with Crippen molar-refractivity contribution in [3.63, 3.8) is 0 Å². The number of primary sulfonamides is 1. The van der Waals surface area contributed by atoms with Crippen LogP contribution in [0, 0.1) is 0 Å². The van der Waals surface area contributed by atoms with Crippen molar-refractivity contribution in [1.29, 1.82) is 0 Å². The van der Waals surface area contributed by atoms with Gasteiger partial charge in [-0.25, -0.2) is 13.6 Å². The zero-order valence-corrected chi connectivity index (χ0v) is 12.5. The summed E-state index contributed by atoms with van der Waals surface area (Å²) in [5.74, 6) is -0.444. The molecule has 0 saturated carbocycles. The molecule has 1 amide bonds. The normalized spacial score (nSPS) is 11.4. The molecule has 0 aliphatic carbocycles. The molecule has 0 spiro atoms. The first-order valence-electron chi connectivity index (χ1n) is 6.29. The number of sulfonamides is 1. The number of rotatable bonds is 4. The van der Waals surface area contributed by atoms with E-state index in [1.54, 1.807) is 19.2 Å². The number of nitrogens with zero attached hydrogens (tertiary/aromatic N) is 2. The predicted octanol–water partition coefficient (Wildman–Crippen LogP) is 0.882. The van der Waals surface area contributed by atoms with Gasteiger partial charge in [-0.3, -0.25) is 9.48 Å². The fourth-order valence-electron chi connectivity index (χ4n) is 1.92. The Kier molecular flexibility index (Phi) is 4.10. The van der Waals surface area contributed by atoms with Crippen molar-refractivity contribution >= 4 is 21.6 Å². The Bertz CT molecular complexity index is 780. The van der Waals surface area contributed by atoms with Gasteiger partial charge in [0.1, 0.15) is 10.6 Å². The molecule has 1 heterocycles. The molecule has 21 heavy (non-hydrogen) atoms. The summed E-state index contributed by atoms with van der Waals surface area (Å²) in [6, 6.07) is 7.63. The summed E-state index contributed by atoms with van der Waals surface area (Å²) < 4.78 is 24.4. The number of nitrogens with two attached hydrogens (primary N) is 1. The molecule has 1 aromatic carbocycles. The SMILES string of the molecule is CCc1cc(C(=O)Nc2ccccc2S(N)(=O)=O)n(C)n1. The summed E-state index contributed by atoms with van der Waals surface area (Å²) in [5, 5.41) is 11.9. The minimum atomic E-state index is -3.91. The highest BCUT2D eigenvalue weighted by Crippen LogP contribution is 2.20. The Morgan fingerprint density at radius 3 is 2.62 bits per heavy atom. The lowest BCUT2D eigenvalue weighted by Crippen LogP contribution is -2.20. The first kappa shape index (κ1) is 15.2. The van der Waals surface area contributed by atoms with E-state index in [1.807, 2.05) is 6.92 Å². The van der Waals surface area contributed by atoms with Crippen molar-refractivity contribution in [2.75, 3.05) is 5.32 Å². The number of amides is 1. The fraction of sp³-hybridized carbons (Fsp3) is 0.231. The summed E-state index contributed by atoms with van der Waals surface area (Å²) in [6.07, 6.45) is 0.703. The molecule has 3 N–H and O–H groups in total. The lowest BCUT2D eigenvalue weighted by molar-refractivity contribution is 0.101. The Hall–Kier alpha value is -2.19. The maximum atomic E-state index is 12.2. The molecule has 2 rings (SSSR count). The van der Waals surface area contributed by atoms with Crippen LogP contribution in [0.4, 0.5) is 5.69 Å². The molecule has 7 nitrogen and oxygen atoms in total. The summed E-state index contributed by atoms with van der Waals surface area (Å²) >= 11 is 0. The molecule has 112 valence electrons. The molecule has 0 aliphatic rings. The average molecular weight is 308 g/mol. The molecule has 0 atom stereocenters. The largest absolute Gasteiger partial charge is 0.319 e. The second-order valence-corrected chi connectivity index (χ2v) is 6.02. The first-order valence-corrected chi connectivity index (χ1v) is 7.83. The highest BCUT2D eigenvalue weighted by molar-refractivity contribution is 7.89. The standard InChI is InChI=1S/C13H16N4O3S/c1-3-9-8-11(17(2)16-9)13(18)15-10-6-4-5-7-12(10)21(14,19)20/h4-8H,3H2,1-2H3,(H,15,18)(H2,14,19,20). The predicted molar refractivity (Wildman–Crippen MR) is 78.4 cm³/mol. The highest BCUT2D eigenvalue weighted by atomic mass is 32.2. The van der Waals surface area contributed by atoms with E-state index in [0.29, 0.717) is 12.1 Å². The van der Waals surface area contributed by atoms with Crippen LogP contribution in [0.3, 0.4) is 0 Å². The molecular formula is C13H16N4O3S. The average Bonchev–Trinajstić information content (AvgIpc) is 2.79. The first-order chi connectivity index (χ1) is 9.82. The van der Waals surface area contributed by atoms with Crippen LogP contribution in [0.2, 0.25) is 0 Å². The number of aromatic nitrogens is 2. The zero-order chi connectivity index (χ0) is 15.6. The number of benzene rings is 1. The molecule has 0 bridgehead atoms. The lowest BCUT2D eigenvalue weighted by atomic mass is 10.2. The van der Waals surface area contributed by atoms with E-state index in [4.69, 9.17) is 5.14 Å². The number of nitrogens with one attached hydrogen (secondary N) is 1. The van der Waals surface area contributed by atoms with Gasteiger partial charge in [0.25, 0.3) is 5.91 Å². The minimum Gasteiger partial charge on any atom is -0.319 e. The maximum absolute atomic E-state index is 12.2. The molecule has 0 fully saturated rings.